The Hall–Kier alpha value is -3.52. The van der Waals surface area contributed by atoms with E-state index in [4.69, 9.17) is 34.3 Å². The van der Waals surface area contributed by atoms with Crippen molar-refractivity contribution in [1.82, 2.24) is 19.6 Å². The van der Waals surface area contributed by atoms with Gasteiger partial charge in [0.25, 0.3) is 0 Å². The number of phosphoric acid groups is 1. The molecule has 0 aliphatic carbocycles. The maximum Gasteiger partial charge on any atom is 0.472 e. The minimum atomic E-state index is -4.80. The standard InChI is InChI=1S/C40H62N7O9P/c1-3-4-5-6-7-8-9-10-11-12-13-14-15-16-17-18-23-52-26-33(55-32-20-19-31(24-41)44-25-32)27-53-57(50,51)54-29-40(28-43-2)38(49)36(48)37(56-40)34-21-22-35-39(42)45-30-46-47(34)35/h19-22,25,28,30,33,36-38,48-49H,3-18,23,26-27,29H2,1-2H3,(H,50,51)(H2,42,45,46)/b43-28-/t33-,36+,37+,38+,40-/m1/s1. The zero-order valence-electron chi connectivity index (χ0n) is 33.5. The normalized spacial score (nSPS) is 21.2. The van der Waals surface area contributed by atoms with Gasteiger partial charge in [-0.15, -0.1) is 0 Å². The number of unbranched alkanes of at least 4 members (excludes halogenated alkanes) is 15. The molecule has 17 heteroatoms. The minimum Gasteiger partial charge on any atom is -0.484 e. The van der Waals surface area contributed by atoms with Crippen LogP contribution in [0.2, 0.25) is 0 Å². The fraction of sp³-hybridized carbons (Fsp3) is 0.675. The number of aromatic nitrogens is 4. The number of phosphoric ester groups is 1. The summed E-state index contributed by atoms with van der Waals surface area (Å²) in [4.78, 5) is 22.7. The molecule has 4 heterocycles. The van der Waals surface area contributed by atoms with Crippen molar-refractivity contribution in [2.24, 2.45) is 4.99 Å². The summed E-state index contributed by atoms with van der Waals surface area (Å²) < 4.78 is 43.3. The second-order valence-corrected chi connectivity index (χ2v) is 16.1. The van der Waals surface area contributed by atoms with Gasteiger partial charge in [0, 0.05) is 19.9 Å². The highest BCUT2D eigenvalue weighted by atomic mass is 31.2. The van der Waals surface area contributed by atoms with Crippen LogP contribution in [0.5, 0.6) is 5.75 Å². The maximum atomic E-state index is 13.2. The molecule has 6 atom stereocenters. The summed E-state index contributed by atoms with van der Waals surface area (Å²) in [5, 5.41) is 35.5. The van der Waals surface area contributed by atoms with Crippen LogP contribution in [-0.4, -0.2) is 98.3 Å². The molecule has 0 bridgehead atoms. The zero-order valence-corrected chi connectivity index (χ0v) is 34.4. The van der Waals surface area contributed by atoms with Gasteiger partial charge < -0.3 is 35.1 Å². The summed E-state index contributed by atoms with van der Waals surface area (Å²) in [6, 6.07) is 8.26. The fourth-order valence-electron chi connectivity index (χ4n) is 6.93. The average molecular weight is 816 g/mol. The van der Waals surface area contributed by atoms with E-state index in [-0.39, 0.29) is 18.1 Å². The first-order valence-corrected chi connectivity index (χ1v) is 21.9. The first kappa shape index (κ1) is 46.2. The molecule has 1 aliphatic rings. The van der Waals surface area contributed by atoms with E-state index in [0.717, 1.165) is 19.3 Å². The molecule has 0 amide bonds. The number of hydrogen-bond acceptors (Lipinski definition) is 14. The molecule has 5 N–H and O–H groups in total. The lowest BCUT2D eigenvalue weighted by atomic mass is 9.96. The van der Waals surface area contributed by atoms with E-state index in [0.29, 0.717) is 23.6 Å². The Morgan fingerprint density at radius 2 is 1.61 bits per heavy atom. The average Bonchev–Trinajstić information content (AvgIpc) is 3.75. The fourth-order valence-corrected chi connectivity index (χ4v) is 7.72. The Morgan fingerprint density at radius 1 is 0.965 bits per heavy atom. The van der Waals surface area contributed by atoms with Gasteiger partial charge in [-0.3, -0.25) is 14.0 Å². The SMILES string of the molecule is CCCCCCCCCCCCCCCCCCOC[C@H](COP(=O)(O)OC[C@@]1(/C=N\C)O[C@@H](c2ccc3c(N)ncnn23)[C@H](O)[C@@H]1O)Oc1ccc(C#N)nc1. The quantitative estimate of drug-likeness (QED) is 0.0326. The van der Waals surface area contributed by atoms with Crippen molar-refractivity contribution in [3.63, 3.8) is 0 Å². The number of ether oxygens (including phenoxy) is 3. The molecular formula is C40H62N7O9P. The molecule has 1 fully saturated rings. The Labute approximate surface area is 336 Å². The van der Waals surface area contributed by atoms with Crippen molar-refractivity contribution in [2.75, 3.05) is 39.2 Å². The van der Waals surface area contributed by atoms with Crippen LogP contribution in [0.4, 0.5) is 5.82 Å². The Balaban J connectivity index is 1.21. The Morgan fingerprint density at radius 3 is 2.21 bits per heavy atom. The van der Waals surface area contributed by atoms with Gasteiger partial charge in [-0.1, -0.05) is 103 Å². The maximum absolute atomic E-state index is 13.2. The van der Waals surface area contributed by atoms with Crippen molar-refractivity contribution in [3.05, 3.63) is 48.2 Å². The Bertz CT molecular complexity index is 1720. The van der Waals surface area contributed by atoms with Gasteiger partial charge in [-0.25, -0.2) is 19.0 Å². The van der Waals surface area contributed by atoms with E-state index in [9.17, 15) is 19.7 Å². The van der Waals surface area contributed by atoms with Crippen molar-refractivity contribution in [3.8, 4) is 11.8 Å². The van der Waals surface area contributed by atoms with Crippen molar-refractivity contribution >= 4 is 25.4 Å². The molecule has 1 aliphatic heterocycles. The smallest absolute Gasteiger partial charge is 0.472 e. The second kappa shape index (κ2) is 24.4. The first-order chi connectivity index (χ1) is 27.6. The van der Waals surface area contributed by atoms with Crippen LogP contribution in [-0.2, 0) is 23.1 Å². The lowest BCUT2D eigenvalue weighted by Gasteiger charge is -2.28. The second-order valence-electron chi connectivity index (χ2n) is 14.7. The summed E-state index contributed by atoms with van der Waals surface area (Å²) in [5.41, 5.74) is 5.15. The number of hydrogen-bond donors (Lipinski definition) is 4. The summed E-state index contributed by atoms with van der Waals surface area (Å²) in [6.45, 7) is 1.67. The molecule has 0 radical (unpaired) electrons. The predicted molar refractivity (Wildman–Crippen MR) is 216 cm³/mol. The first-order valence-electron chi connectivity index (χ1n) is 20.4. The topological polar surface area (TPSA) is 229 Å². The van der Waals surface area contributed by atoms with Gasteiger partial charge in [-0.05, 0) is 30.7 Å². The third kappa shape index (κ3) is 14.7. The van der Waals surface area contributed by atoms with Crippen LogP contribution < -0.4 is 10.5 Å². The summed E-state index contributed by atoms with van der Waals surface area (Å²) in [7, 11) is -3.38. The highest BCUT2D eigenvalue weighted by Crippen LogP contribution is 2.47. The van der Waals surface area contributed by atoms with Crippen molar-refractivity contribution in [2.45, 2.75) is 140 Å². The number of nitrogens with zero attached hydrogens (tertiary/aromatic N) is 6. The van der Waals surface area contributed by atoms with Crippen LogP contribution in [0.25, 0.3) is 5.52 Å². The van der Waals surface area contributed by atoms with E-state index in [1.165, 1.54) is 120 Å². The van der Waals surface area contributed by atoms with E-state index in [2.05, 4.69) is 27.0 Å². The van der Waals surface area contributed by atoms with Gasteiger partial charge in [0.05, 0.1) is 31.7 Å². The summed E-state index contributed by atoms with van der Waals surface area (Å²) in [5.74, 6) is 0.517. The minimum absolute atomic E-state index is 0.0419. The number of nitriles is 1. The lowest BCUT2D eigenvalue weighted by Crippen LogP contribution is -2.48. The summed E-state index contributed by atoms with van der Waals surface area (Å²) in [6.07, 6.45) is 19.1. The molecule has 316 valence electrons. The molecule has 0 aromatic carbocycles. The third-order valence-electron chi connectivity index (χ3n) is 10.1. The predicted octanol–water partition coefficient (Wildman–Crippen LogP) is 6.67. The molecule has 4 rings (SSSR count). The highest BCUT2D eigenvalue weighted by molar-refractivity contribution is 7.47. The van der Waals surface area contributed by atoms with Crippen molar-refractivity contribution < 1.29 is 42.9 Å². The number of anilines is 1. The number of rotatable bonds is 29. The molecule has 1 unspecified atom stereocenters. The highest BCUT2D eigenvalue weighted by Gasteiger charge is 2.55. The van der Waals surface area contributed by atoms with Crippen LogP contribution >= 0.6 is 7.82 Å². The van der Waals surface area contributed by atoms with Crippen LogP contribution in [0.1, 0.15) is 127 Å². The van der Waals surface area contributed by atoms with E-state index < -0.39 is 51.1 Å². The van der Waals surface area contributed by atoms with E-state index in [1.807, 2.05) is 6.07 Å². The Kier molecular flexibility index (Phi) is 19.8. The molecule has 1 saturated heterocycles. The number of fused-ring (bicyclic) bond motifs is 1. The molecule has 16 nitrogen and oxygen atoms in total. The zero-order chi connectivity index (χ0) is 40.9. The van der Waals surface area contributed by atoms with Gasteiger partial charge >= 0.3 is 7.82 Å². The number of aliphatic hydroxyl groups excluding tert-OH is 2. The largest absolute Gasteiger partial charge is 0.484 e. The van der Waals surface area contributed by atoms with Crippen LogP contribution in [0.15, 0.2) is 41.8 Å². The number of nitrogens with two attached hydrogens (primary N) is 1. The lowest BCUT2D eigenvalue weighted by molar-refractivity contribution is -0.0644. The molecule has 3 aromatic rings. The van der Waals surface area contributed by atoms with Gasteiger partial charge in [-0.2, -0.15) is 10.4 Å². The molecule has 57 heavy (non-hydrogen) atoms. The third-order valence-corrected chi connectivity index (χ3v) is 11.0. The number of aliphatic imine (C=N–C) groups is 1. The van der Waals surface area contributed by atoms with E-state index >= 15 is 0 Å². The molecule has 0 saturated carbocycles. The van der Waals surface area contributed by atoms with E-state index in [1.54, 1.807) is 18.2 Å². The number of pyridine rings is 1. The number of aliphatic hydroxyl groups is 2. The molecule has 0 spiro atoms. The van der Waals surface area contributed by atoms with Gasteiger partial charge in [0.1, 0.15) is 53.8 Å². The summed E-state index contributed by atoms with van der Waals surface area (Å²) >= 11 is 0. The van der Waals surface area contributed by atoms with Gasteiger partial charge in [0.2, 0.25) is 0 Å². The van der Waals surface area contributed by atoms with Gasteiger partial charge in [0.15, 0.2) is 11.4 Å². The van der Waals surface area contributed by atoms with Crippen LogP contribution in [0.3, 0.4) is 0 Å². The van der Waals surface area contributed by atoms with Crippen LogP contribution in [0, 0.1) is 11.3 Å². The molecular weight excluding hydrogens is 753 g/mol. The monoisotopic (exact) mass is 815 g/mol. The number of nitrogen functional groups attached to an aromatic ring is 1. The van der Waals surface area contributed by atoms with Crippen molar-refractivity contribution in [1.29, 1.82) is 5.26 Å². The molecule has 3 aromatic heterocycles.